The number of rotatable bonds is 5. The third kappa shape index (κ3) is 3.34. The van der Waals surface area contributed by atoms with Crippen molar-refractivity contribution in [1.82, 2.24) is 5.32 Å². The van der Waals surface area contributed by atoms with Gasteiger partial charge >= 0.3 is 0 Å². The van der Waals surface area contributed by atoms with Gasteiger partial charge < -0.3 is 10.1 Å². The Morgan fingerprint density at radius 3 is 2.67 bits per heavy atom. The van der Waals surface area contributed by atoms with E-state index in [1.807, 2.05) is 7.05 Å². The van der Waals surface area contributed by atoms with Crippen LogP contribution in [0.2, 0.25) is 0 Å². The molecule has 110 valence electrons. The number of ether oxygens (including phenoxy) is 1. The molecule has 0 radical (unpaired) electrons. The molecule has 0 amide bonds. The molecule has 21 heavy (non-hydrogen) atoms. The zero-order chi connectivity index (χ0) is 14.5. The molecule has 2 unspecified atom stereocenters. The van der Waals surface area contributed by atoms with E-state index in [1.54, 1.807) is 0 Å². The first-order valence-electron chi connectivity index (χ1n) is 7.80. The van der Waals surface area contributed by atoms with E-state index in [4.69, 9.17) is 4.74 Å². The molecule has 2 aromatic carbocycles. The van der Waals surface area contributed by atoms with Crippen LogP contribution >= 0.6 is 0 Å². The Bertz CT molecular complexity index is 567. The first-order chi connectivity index (χ1) is 10.4. The highest BCUT2D eigenvalue weighted by Crippen LogP contribution is 2.33. The molecule has 0 bridgehead atoms. The molecule has 0 aromatic heterocycles. The van der Waals surface area contributed by atoms with Crippen LogP contribution in [0.1, 0.15) is 41.7 Å². The molecule has 0 spiro atoms. The third-order valence-corrected chi connectivity index (χ3v) is 4.33. The predicted molar refractivity (Wildman–Crippen MR) is 86.3 cm³/mol. The maximum Gasteiger partial charge on any atom is 0.0828 e. The van der Waals surface area contributed by atoms with E-state index < -0.39 is 0 Å². The average molecular weight is 281 g/mol. The smallest absolute Gasteiger partial charge is 0.0828 e. The van der Waals surface area contributed by atoms with Crippen molar-refractivity contribution >= 4 is 0 Å². The lowest BCUT2D eigenvalue weighted by molar-refractivity contribution is 0.0274. The molecule has 1 aliphatic carbocycles. The Kier molecular flexibility index (Phi) is 4.69. The molecule has 3 rings (SSSR count). The number of aryl methyl sites for hydroxylation is 1. The van der Waals surface area contributed by atoms with Gasteiger partial charge in [-0.3, -0.25) is 0 Å². The SMILES string of the molecule is CNC(COC1CCCc2ccccc21)c1ccccc1. The molecule has 0 heterocycles. The van der Waals surface area contributed by atoms with Gasteiger partial charge in [-0.1, -0.05) is 54.6 Å². The summed E-state index contributed by atoms with van der Waals surface area (Å²) in [5.74, 6) is 0. The summed E-state index contributed by atoms with van der Waals surface area (Å²) in [4.78, 5) is 0. The zero-order valence-corrected chi connectivity index (χ0v) is 12.6. The van der Waals surface area contributed by atoms with Crippen LogP contribution in [0.25, 0.3) is 0 Å². The predicted octanol–water partition coefficient (Wildman–Crippen LogP) is 4.04. The van der Waals surface area contributed by atoms with Crippen LogP contribution in [-0.4, -0.2) is 13.7 Å². The number of hydrogen-bond donors (Lipinski definition) is 1. The number of likely N-dealkylation sites (N-methyl/N-ethyl adjacent to an activating group) is 1. The van der Waals surface area contributed by atoms with Crippen molar-refractivity contribution in [2.24, 2.45) is 0 Å². The largest absolute Gasteiger partial charge is 0.372 e. The summed E-state index contributed by atoms with van der Waals surface area (Å²) in [7, 11) is 2.00. The third-order valence-electron chi connectivity index (χ3n) is 4.33. The highest BCUT2D eigenvalue weighted by molar-refractivity contribution is 5.31. The van der Waals surface area contributed by atoms with Crippen LogP contribution in [0, 0.1) is 0 Å². The Balaban J connectivity index is 1.68. The quantitative estimate of drug-likeness (QED) is 0.893. The van der Waals surface area contributed by atoms with Gasteiger partial charge in [0.25, 0.3) is 0 Å². The molecule has 2 atom stereocenters. The van der Waals surface area contributed by atoms with Gasteiger partial charge in [-0.2, -0.15) is 0 Å². The molecule has 0 fully saturated rings. The molecule has 2 aromatic rings. The second-order valence-electron chi connectivity index (χ2n) is 5.66. The molecule has 0 saturated carbocycles. The minimum absolute atomic E-state index is 0.245. The van der Waals surface area contributed by atoms with Crippen molar-refractivity contribution in [2.45, 2.75) is 31.4 Å². The monoisotopic (exact) mass is 281 g/mol. The van der Waals surface area contributed by atoms with E-state index in [0.717, 1.165) is 6.42 Å². The van der Waals surface area contributed by atoms with E-state index >= 15 is 0 Å². The highest BCUT2D eigenvalue weighted by atomic mass is 16.5. The molecule has 1 aliphatic rings. The second-order valence-corrected chi connectivity index (χ2v) is 5.66. The molecule has 0 saturated heterocycles. The van der Waals surface area contributed by atoms with Gasteiger partial charge in [0, 0.05) is 0 Å². The minimum atomic E-state index is 0.245. The maximum atomic E-state index is 6.25. The summed E-state index contributed by atoms with van der Waals surface area (Å²) >= 11 is 0. The van der Waals surface area contributed by atoms with Crippen molar-refractivity contribution in [3.8, 4) is 0 Å². The van der Waals surface area contributed by atoms with E-state index in [-0.39, 0.29) is 12.1 Å². The molecular formula is C19H23NO. The van der Waals surface area contributed by atoms with Gasteiger partial charge in [-0.05, 0) is 43.0 Å². The lowest BCUT2D eigenvalue weighted by Gasteiger charge is -2.27. The molecular weight excluding hydrogens is 258 g/mol. The molecule has 0 aliphatic heterocycles. The van der Waals surface area contributed by atoms with Crippen LogP contribution in [0.3, 0.4) is 0 Å². The van der Waals surface area contributed by atoms with Crippen molar-refractivity contribution in [3.63, 3.8) is 0 Å². The Morgan fingerprint density at radius 1 is 1.10 bits per heavy atom. The van der Waals surface area contributed by atoms with Crippen molar-refractivity contribution < 1.29 is 4.74 Å². The summed E-state index contributed by atoms with van der Waals surface area (Å²) in [6, 6.07) is 19.5. The van der Waals surface area contributed by atoms with E-state index in [9.17, 15) is 0 Å². The Morgan fingerprint density at radius 2 is 1.86 bits per heavy atom. The summed E-state index contributed by atoms with van der Waals surface area (Å²) in [5, 5.41) is 3.36. The lowest BCUT2D eigenvalue weighted by Crippen LogP contribution is -2.24. The minimum Gasteiger partial charge on any atom is -0.372 e. The number of fused-ring (bicyclic) bond motifs is 1. The first kappa shape index (κ1) is 14.3. The van der Waals surface area contributed by atoms with Gasteiger partial charge in [-0.15, -0.1) is 0 Å². The summed E-state index contributed by atoms with van der Waals surface area (Å²) in [6.07, 6.45) is 3.78. The summed E-state index contributed by atoms with van der Waals surface area (Å²) < 4.78 is 6.25. The first-order valence-corrected chi connectivity index (χ1v) is 7.80. The van der Waals surface area contributed by atoms with E-state index in [2.05, 4.69) is 59.9 Å². The lowest BCUT2D eigenvalue weighted by atomic mass is 9.89. The summed E-state index contributed by atoms with van der Waals surface area (Å²) in [5.41, 5.74) is 4.12. The van der Waals surface area contributed by atoms with Crippen LogP contribution in [-0.2, 0) is 11.2 Å². The highest BCUT2D eigenvalue weighted by Gasteiger charge is 2.21. The van der Waals surface area contributed by atoms with Crippen molar-refractivity contribution in [2.75, 3.05) is 13.7 Å². The zero-order valence-electron chi connectivity index (χ0n) is 12.6. The standard InChI is InChI=1S/C19H23NO/c1-20-18(16-9-3-2-4-10-16)14-21-19-13-7-11-15-8-5-6-12-17(15)19/h2-6,8-10,12,18-20H,7,11,13-14H2,1H3. The average Bonchev–Trinajstić information content (AvgIpc) is 2.56. The second kappa shape index (κ2) is 6.88. The van der Waals surface area contributed by atoms with Gasteiger partial charge in [0.05, 0.1) is 18.8 Å². The number of benzene rings is 2. The van der Waals surface area contributed by atoms with E-state index in [1.165, 1.54) is 29.5 Å². The van der Waals surface area contributed by atoms with Crippen molar-refractivity contribution in [3.05, 3.63) is 71.3 Å². The van der Waals surface area contributed by atoms with Crippen molar-refractivity contribution in [1.29, 1.82) is 0 Å². The van der Waals surface area contributed by atoms with Crippen LogP contribution in [0.4, 0.5) is 0 Å². The van der Waals surface area contributed by atoms with Gasteiger partial charge in [-0.25, -0.2) is 0 Å². The molecule has 1 N–H and O–H groups in total. The molecule has 2 heteroatoms. The number of nitrogens with one attached hydrogen (secondary N) is 1. The maximum absolute atomic E-state index is 6.25. The Labute approximate surface area is 127 Å². The molecule has 2 nitrogen and oxygen atoms in total. The summed E-state index contributed by atoms with van der Waals surface area (Å²) in [6.45, 7) is 0.708. The van der Waals surface area contributed by atoms with Gasteiger partial charge in [0.2, 0.25) is 0 Å². The topological polar surface area (TPSA) is 21.3 Å². The fourth-order valence-electron chi connectivity index (χ4n) is 3.13. The Hall–Kier alpha value is -1.64. The normalized spacial score (nSPS) is 19.0. The fraction of sp³-hybridized carbons (Fsp3) is 0.368. The fourth-order valence-corrected chi connectivity index (χ4v) is 3.13. The van der Waals surface area contributed by atoms with Crippen LogP contribution in [0.15, 0.2) is 54.6 Å². The van der Waals surface area contributed by atoms with Crippen LogP contribution < -0.4 is 5.32 Å². The number of hydrogen-bond acceptors (Lipinski definition) is 2. The van der Waals surface area contributed by atoms with Gasteiger partial charge in [0.15, 0.2) is 0 Å². The van der Waals surface area contributed by atoms with Gasteiger partial charge in [0.1, 0.15) is 0 Å². The van der Waals surface area contributed by atoms with E-state index in [0.29, 0.717) is 6.61 Å². The van der Waals surface area contributed by atoms with Crippen LogP contribution in [0.5, 0.6) is 0 Å².